The molecule has 1 aromatic heterocycles. The van der Waals surface area contributed by atoms with E-state index >= 15 is 0 Å². The van der Waals surface area contributed by atoms with Crippen molar-refractivity contribution in [2.45, 2.75) is 13.3 Å². The average Bonchev–Trinajstić information content (AvgIpc) is 3.18. The third-order valence-corrected chi connectivity index (χ3v) is 6.05. The Morgan fingerprint density at radius 1 is 1.00 bits per heavy atom. The van der Waals surface area contributed by atoms with E-state index < -0.39 is 0 Å². The van der Waals surface area contributed by atoms with Crippen molar-refractivity contribution in [3.63, 3.8) is 0 Å². The second kappa shape index (κ2) is 9.63. The van der Waals surface area contributed by atoms with E-state index in [4.69, 9.17) is 14.2 Å². The first-order valence-corrected chi connectivity index (χ1v) is 10.4. The summed E-state index contributed by atoms with van der Waals surface area (Å²) >= 11 is 1.42. The van der Waals surface area contributed by atoms with E-state index in [2.05, 4.69) is 4.98 Å². The Balaban J connectivity index is 1.69. The molecule has 0 unspecified atom stereocenters. The summed E-state index contributed by atoms with van der Waals surface area (Å²) in [5.74, 6) is 2.15. The maximum absolute atomic E-state index is 13.0. The first kappa shape index (κ1) is 21.6. The number of rotatable bonds is 8. The van der Waals surface area contributed by atoms with Crippen LogP contribution in [0.1, 0.15) is 20.9 Å². The number of ether oxygens (including phenoxy) is 3. The topological polar surface area (TPSA) is 60.9 Å². The van der Waals surface area contributed by atoms with E-state index in [9.17, 15) is 4.79 Å². The zero-order valence-electron chi connectivity index (χ0n) is 17.9. The number of carbonyl (C=O) groups excluding carboxylic acids is 1. The van der Waals surface area contributed by atoms with E-state index in [-0.39, 0.29) is 5.91 Å². The second-order valence-electron chi connectivity index (χ2n) is 6.83. The summed E-state index contributed by atoms with van der Waals surface area (Å²) in [5, 5.41) is 0.826. The van der Waals surface area contributed by atoms with Gasteiger partial charge in [0.1, 0.15) is 15.6 Å². The van der Waals surface area contributed by atoms with Crippen LogP contribution in [0.15, 0.2) is 42.5 Å². The number of methoxy groups -OCH3 is 3. The molecule has 3 aromatic rings. The minimum atomic E-state index is -0.0229. The smallest absolute Gasteiger partial charge is 0.265 e. The summed E-state index contributed by atoms with van der Waals surface area (Å²) in [6.07, 6.45) is 0.714. The molecule has 7 heteroatoms. The predicted molar refractivity (Wildman–Crippen MR) is 119 cm³/mol. The molecule has 1 amide bonds. The Hall–Kier alpha value is -3.06. The molecule has 3 rings (SSSR count). The molecule has 0 aliphatic heterocycles. The molecule has 0 N–H and O–H groups in total. The predicted octanol–water partition coefficient (Wildman–Crippen LogP) is 4.46. The van der Waals surface area contributed by atoms with Crippen molar-refractivity contribution >= 4 is 17.2 Å². The highest BCUT2D eigenvalue weighted by atomic mass is 32.1. The number of benzene rings is 2. The number of nitrogens with zero attached hydrogens (tertiary/aromatic N) is 2. The summed E-state index contributed by atoms with van der Waals surface area (Å²) < 4.78 is 15.8. The van der Waals surface area contributed by atoms with Crippen molar-refractivity contribution in [2.24, 2.45) is 0 Å². The van der Waals surface area contributed by atoms with Gasteiger partial charge in [0, 0.05) is 19.2 Å². The summed E-state index contributed by atoms with van der Waals surface area (Å²) in [6.45, 7) is 2.46. The van der Waals surface area contributed by atoms with E-state index in [0.29, 0.717) is 29.3 Å². The molecule has 1 heterocycles. The second-order valence-corrected chi connectivity index (χ2v) is 7.83. The van der Waals surface area contributed by atoms with Gasteiger partial charge in [-0.15, -0.1) is 11.3 Å². The number of aromatic nitrogens is 1. The lowest BCUT2D eigenvalue weighted by atomic mass is 10.1. The van der Waals surface area contributed by atoms with Crippen LogP contribution in [0.2, 0.25) is 0 Å². The molecule has 6 nitrogen and oxygen atoms in total. The van der Waals surface area contributed by atoms with Gasteiger partial charge in [-0.05, 0) is 55.3 Å². The van der Waals surface area contributed by atoms with Gasteiger partial charge in [-0.25, -0.2) is 4.98 Å². The van der Waals surface area contributed by atoms with Gasteiger partial charge in [0.15, 0.2) is 11.5 Å². The van der Waals surface area contributed by atoms with E-state index in [1.54, 1.807) is 26.2 Å². The zero-order chi connectivity index (χ0) is 21.7. The quantitative estimate of drug-likeness (QED) is 0.532. The molecular formula is C23H26N2O4S. The SMILES string of the molecule is COc1ccc(-c2nc(C)c(C(=O)N(C)CCc3ccc(OC)c(OC)c3)s2)cc1. The molecule has 0 spiro atoms. The van der Waals surface area contributed by atoms with Crippen LogP contribution in [0.3, 0.4) is 0 Å². The molecule has 2 aromatic carbocycles. The summed E-state index contributed by atoms with van der Waals surface area (Å²) in [7, 11) is 6.68. The van der Waals surface area contributed by atoms with E-state index in [1.807, 2.05) is 56.4 Å². The van der Waals surface area contributed by atoms with E-state index in [1.165, 1.54) is 11.3 Å². The summed E-state index contributed by atoms with van der Waals surface area (Å²) in [4.78, 5) is 20.0. The van der Waals surface area contributed by atoms with Gasteiger partial charge in [-0.3, -0.25) is 4.79 Å². The van der Waals surface area contributed by atoms with Crippen LogP contribution in [-0.4, -0.2) is 50.7 Å². The number of carbonyl (C=O) groups is 1. The third-order valence-electron chi connectivity index (χ3n) is 4.86. The number of likely N-dealkylation sites (N-methyl/N-ethyl adjacent to an activating group) is 1. The molecule has 158 valence electrons. The molecular weight excluding hydrogens is 400 g/mol. The maximum atomic E-state index is 13.0. The Bertz CT molecular complexity index is 1010. The largest absolute Gasteiger partial charge is 0.497 e. The van der Waals surface area contributed by atoms with Crippen LogP contribution in [0.5, 0.6) is 17.2 Å². The molecule has 0 saturated carbocycles. The van der Waals surface area contributed by atoms with Crippen LogP contribution in [-0.2, 0) is 6.42 Å². The van der Waals surface area contributed by atoms with Crippen LogP contribution in [0.4, 0.5) is 0 Å². The lowest BCUT2D eigenvalue weighted by Gasteiger charge is -2.17. The standard InChI is InChI=1S/C23H26N2O4S/c1-15-21(30-22(24-15)17-7-9-18(27-3)10-8-17)23(26)25(2)13-12-16-6-11-19(28-4)20(14-16)29-5/h6-11,14H,12-13H2,1-5H3. The Morgan fingerprint density at radius 3 is 2.33 bits per heavy atom. The van der Waals surface area contributed by atoms with Gasteiger partial charge in [-0.1, -0.05) is 6.07 Å². The van der Waals surface area contributed by atoms with Crippen molar-refractivity contribution in [1.82, 2.24) is 9.88 Å². The third kappa shape index (κ3) is 4.74. The first-order chi connectivity index (χ1) is 14.5. The van der Waals surface area contributed by atoms with Gasteiger partial charge in [0.25, 0.3) is 5.91 Å². The van der Waals surface area contributed by atoms with Crippen LogP contribution >= 0.6 is 11.3 Å². The van der Waals surface area contributed by atoms with Crippen molar-refractivity contribution in [1.29, 1.82) is 0 Å². The highest BCUT2D eigenvalue weighted by Crippen LogP contribution is 2.30. The summed E-state index contributed by atoms with van der Waals surface area (Å²) in [5.41, 5.74) is 2.79. The van der Waals surface area contributed by atoms with Gasteiger partial charge in [0.05, 0.1) is 27.0 Å². The molecule has 0 atom stereocenters. The molecule has 0 saturated heterocycles. The number of hydrogen-bond acceptors (Lipinski definition) is 6. The maximum Gasteiger partial charge on any atom is 0.265 e. The fourth-order valence-corrected chi connectivity index (χ4v) is 4.13. The molecule has 0 aliphatic rings. The average molecular weight is 427 g/mol. The number of thiazole rings is 1. The van der Waals surface area contributed by atoms with Crippen molar-refractivity contribution in [3.05, 3.63) is 58.6 Å². The highest BCUT2D eigenvalue weighted by molar-refractivity contribution is 7.17. The Kier molecular flexibility index (Phi) is 6.95. The Morgan fingerprint density at radius 2 is 1.70 bits per heavy atom. The van der Waals surface area contributed by atoms with Crippen molar-refractivity contribution in [3.8, 4) is 27.8 Å². The first-order valence-electron chi connectivity index (χ1n) is 9.55. The van der Waals surface area contributed by atoms with Crippen LogP contribution < -0.4 is 14.2 Å². The fourth-order valence-electron chi connectivity index (χ4n) is 3.06. The zero-order valence-corrected chi connectivity index (χ0v) is 18.7. The normalized spacial score (nSPS) is 10.6. The van der Waals surface area contributed by atoms with Crippen molar-refractivity contribution < 1.29 is 19.0 Å². The molecule has 30 heavy (non-hydrogen) atoms. The molecule has 0 aliphatic carbocycles. The molecule has 0 fully saturated rings. The number of amides is 1. The monoisotopic (exact) mass is 426 g/mol. The minimum absolute atomic E-state index is 0.0229. The lowest BCUT2D eigenvalue weighted by molar-refractivity contribution is 0.0800. The van der Waals surface area contributed by atoms with Crippen LogP contribution in [0.25, 0.3) is 10.6 Å². The lowest BCUT2D eigenvalue weighted by Crippen LogP contribution is -2.28. The summed E-state index contributed by atoms with van der Waals surface area (Å²) in [6, 6.07) is 13.5. The van der Waals surface area contributed by atoms with Gasteiger partial charge in [-0.2, -0.15) is 0 Å². The molecule has 0 radical (unpaired) electrons. The van der Waals surface area contributed by atoms with Gasteiger partial charge in [0.2, 0.25) is 0 Å². The van der Waals surface area contributed by atoms with E-state index in [0.717, 1.165) is 27.6 Å². The highest BCUT2D eigenvalue weighted by Gasteiger charge is 2.20. The van der Waals surface area contributed by atoms with Crippen molar-refractivity contribution in [2.75, 3.05) is 34.9 Å². The molecule has 0 bridgehead atoms. The van der Waals surface area contributed by atoms with Gasteiger partial charge < -0.3 is 19.1 Å². The Labute approximate surface area is 181 Å². The van der Waals surface area contributed by atoms with Gasteiger partial charge >= 0.3 is 0 Å². The number of aryl methyl sites for hydroxylation is 1. The number of hydrogen-bond donors (Lipinski definition) is 0. The fraction of sp³-hybridized carbons (Fsp3) is 0.304. The van der Waals surface area contributed by atoms with Crippen LogP contribution in [0, 0.1) is 6.92 Å². The minimum Gasteiger partial charge on any atom is -0.497 e.